The number of benzene rings is 10. The molecule has 0 radical (unpaired) electrons. The van der Waals surface area contributed by atoms with Gasteiger partial charge in [0.2, 0.25) is 0 Å². The second-order valence-corrected chi connectivity index (χ2v) is 15.7. The van der Waals surface area contributed by atoms with Crippen LogP contribution in [0.15, 0.2) is 200 Å². The summed E-state index contributed by atoms with van der Waals surface area (Å²) in [6.07, 6.45) is 0. The summed E-state index contributed by atoms with van der Waals surface area (Å²) in [6.45, 7) is 4.72. The van der Waals surface area contributed by atoms with Gasteiger partial charge in [-0.2, -0.15) is 0 Å². The molecule has 1 heteroatoms. The van der Waals surface area contributed by atoms with E-state index in [2.05, 4.69) is 219 Å². The van der Waals surface area contributed by atoms with Gasteiger partial charge in [-0.3, -0.25) is 0 Å². The molecule has 0 bridgehead atoms. The Labute approximate surface area is 327 Å². The first-order valence-electron chi connectivity index (χ1n) is 19.6. The zero-order chi connectivity index (χ0) is 37.4. The van der Waals surface area contributed by atoms with Gasteiger partial charge in [-0.1, -0.05) is 178 Å². The fraction of sp³-hybridized carbons (Fsp3) is 0.0545. The fourth-order valence-electron chi connectivity index (χ4n) is 9.55. The third kappa shape index (κ3) is 4.94. The van der Waals surface area contributed by atoms with Gasteiger partial charge in [-0.05, 0) is 118 Å². The van der Waals surface area contributed by atoms with Gasteiger partial charge in [0, 0.05) is 22.4 Å². The highest BCUT2D eigenvalue weighted by Crippen LogP contribution is 2.54. The predicted octanol–water partition coefficient (Wildman–Crippen LogP) is 15.4. The molecule has 264 valence electrons. The average Bonchev–Trinajstić information content (AvgIpc) is 3.49. The monoisotopic (exact) mass is 713 g/mol. The normalized spacial score (nSPS) is 13.0. The van der Waals surface area contributed by atoms with Crippen LogP contribution in [0.5, 0.6) is 0 Å². The molecule has 10 aromatic rings. The van der Waals surface area contributed by atoms with Crippen molar-refractivity contribution in [3.05, 3.63) is 211 Å². The van der Waals surface area contributed by atoms with Crippen LogP contribution in [-0.4, -0.2) is 0 Å². The van der Waals surface area contributed by atoms with E-state index in [0.29, 0.717) is 0 Å². The van der Waals surface area contributed by atoms with Crippen molar-refractivity contribution in [2.45, 2.75) is 19.3 Å². The smallest absolute Gasteiger partial charge is 0.0543 e. The summed E-state index contributed by atoms with van der Waals surface area (Å²) < 4.78 is 0. The van der Waals surface area contributed by atoms with E-state index in [1.807, 2.05) is 0 Å². The molecule has 0 atom stereocenters. The van der Waals surface area contributed by atoms with Gasteiger partial charge in [0.1, 0.15) is 0 Å². The van der Waals surface area contributed by atoms with Gasteiger partial charge in [-0.25, -0.2) is 0 Å². The Morgan fingerprint density at radius 2 is 0.964 bits per heavy atom. The van der Waals surface area contributed by atoms with E-state index in [1.54, 1.807) is 0 Å². The molecular weight excluding hydrogens is 675 g/mol. The summed E-state index contributed by atoms with van der Waals surface area (Å²) in [5, 5.41) is 10.2. The lowest BCUT2D eigenvalue weighted by Crippen LogP contribution is -2.16. The summed E-state index contributed by atoms with van der Waals surface area (Å²) in [5.74, 6) is 0. The minimum atomic E-state index is -0.106. The molecule has 0 fully saturated rings. The van der Waals surface area contributed by atoms with Crippen LogP contribution in [0.4, 0.5) is 17.1 Å². The molecule has 0 heterocycles. The van der Waals surface area contributed by atoms with Crippen LogP contribution in [0.2, 0.25) is 0 Å². The van der Waals surface area contributed by atoms with E-state index in [0.717, 1.165) is 11.4 Å². The lowest BCUT2D eigenvalue weighted by molar-refractivity contribution is 0.660. The first-order chi connectivity index (χ1) is 27.5. The van der Waals surface area contributed by atoms with Gasteiger partial charge in [0.05, 0.1) is 5.69 Å². The molecule has 0 saturated carbocycles. The summed E-state index contributed by atoms with van der Waals surface area (Å²) in [7, 11) is 0. The van der Waals surface area contributed by atoms with Crippen molar-refractivity contribution in [3.63, 3.8) is 0 Å². The Bertz CT molecular complexity index is 3160. The highest BCUT2D eigenvalue weighted by molar-refractivity contribution is 6.23. The zero-order valence-electron chi connectivity index (χ0n) is 31.5. The van der Waals surface area contributed by atoms with E-state index in [4.69, 9.17) is 0 Å². The summed E-state index contributed by atoms with van der Waals surface area (Å²) >= 11 is 0. The Morgan fingerprint density at radius 1 is 0.357 bits per heavy atom. The van der Waals surface area contributed by atoms with Crippen LogP contribution in [0.25, 0.3) is 76.5 Å². The Kier molecular flexibility index (Phi) is 7.28. The standard InChI is InChI=1S/C55H39N/c1-55(2)50-25-10-9-23-48(50)54-51(55)26-13-27-52(54)56(42-18-11-17-39(34-42)44-24-12-16-36-14-3-5-19-43(36)44)41-32-30-38(31-33-41)49-35-40-29-28-37-15-4-6-20-45(37)53(40)47-22-8-7-21-46(47)49/h3-35H,1-2H3. The maximum Gasteiger partial charge on any atom is 0.0543 e. The van der Waals surface area contributed by atoms with Crippen molar-refractivity contribution < 1.29 is 0 Å². The Hall–Kier alpha value is -6.96. The summed E-state index contributed by atoms with van der Waals surface area (Å²) in [4.78, 5) is 2.47. The molecule has 0 N–H and O–H groups in total. The Morgan fingerprint density at radius 3 is 1.80 bits per heavy atom. The van der Waals surface area contributed by atoms with E-state index in [-0.39, 0.29) is 5.41 Å². The second kappa shape index (κ2) is 12.5. The first kappa shape index (κ1) is 32.5. The highest BCUT2D eigenvalue weighted by atomic mass is 15.1. The number of hydrogen-bond donors (Lipinski definition) is 0. The van der Waals surface area contributed by atoms with E-state index in [9.17, 15) is 0 Å². The van der Waals surface area contributed by atoms with E-state index in [1.165, 1.54) is 93.3 Å². The second-order valence-electron chi connectivity index (χ2n) is 15.7. The maximum atomic E-state index is 2.47. The molecule has 56 heavy (non-hydrogen) atoms. The number of rotatable bonds is 5. The summed E-state index contributed by atoms with van der Waals surface area (Å²) in [6, 6.07) is 74.0. The predicted molar refractivity (Wildman–Crippen MR) is 240 cm³/mol. The van der Waals surface area contributed by atoms with Crippen molar-refractivity contribution in [2.24, 2.45) is 0 Å². The summed E-state index contributed by atoms with van der Waals surface area (Å²) in [5.41, 5.74) is 13.6. The lowest BCUT2D eigenvalue weighted by atomic mass is 9.82. The molecule has 0 spiro atoms. The molecule has 1 nitrogen and oxygen atoms in total. The molecule has 0 amide bonds. The van der Waals surface area contributed by atoms with Crippen LogP contribution in [-0.2, 0) is 5.41 Å². The van der Waals surface area contributed by atoms with E-state index < -0.39 is 0 Å². The average molecular weight is 714 g/mol. The fourth-order valence-corrected chi connectivity index (χ4v) is 9.55. The van der Waals surface area contributed by atoms with Crippen LogP contribution in [0.1, 0.15) is 25.0 Å². The van der Waals surface area contributed by atoms with E-state index >= 15 is 0 Å². The maximum absolute atomic E-state index is 2.47. The van der Waals surface area contributed by atoms with Crippen molar-refractivity contribution in [2.75, 3.05) is 4.90 Å². The van der Waals surface area contributed by atoms with Crippen molar-refractivity contribution >= 4 is 60.2 Å². The van der Waals surface area contributed by atoms with Gasteiger partial charge in [-0.15, -0.1) is 0 Å². The van der Waals surface area contributed by atoms with Crippen LogP contribution in [0, 0.1) is 0 Å². The SMILES string of the molecule is CC1(C)c2ccccc2-c2c(N(c3ccc(-c4cc5ccc6ccccc6c5c5ccccc45)cc3)c3cccc(-c4cccc5ccccc45)c3)cccc21. The quantitative estimate of drug-likeness (QED) is 0.161. The van der Waals surface area contributed by atoms with Crippen molar-refractivity contribution in [3.8, 4) is 33.4 Å². The van der Waals surface area contributed by atoms with Crippen LogP contribution < -0.4 is 4.90 Å². The van der Waals surface area contributed by atoms with Gasteiger partial charge in [0.15, 0.2) is 0 Å². The largest absolute Gasteiger partial charge is 0.310 e. The van der Waals surface area contributed by atoms with Crippen LogP contribution in [0.3, 0.4) is 0 Å². The molecule has 1 aliphatic carbocycles. The van der Waals surface area contributed by atoms with Gasteiger partial charge in [0.25, 0.3) is 0 Å². The lowest BCUT2D eigenvalue weighted by Gasteiger charge is -2.29. The topological polar surface area (TPSA) is 3.24 Å². The molecule has 0 unspecified atom stereocenters. The molecular formula is C55H39N. The molecule has 11 rings (SSSR count). The number of nitrogens with zero attached hydrogens (tertiary/aromatic N) is 1. The minimum Gasteiger partial charge on any atom is -0.310 e. The number of hydrogen-bond acceptors (Lipinski definition) is 1. The van der Waals surface area contributed by atoms with Crippen molar-refractivity contribution in [1.82, 2.24) is 0 Å². The number of fused-ring (bicyclic) bond motifs is 9. The minimum absolute atomic E-state index is 0.106. The number of anilines is 3. The molecule has 0 aliphatic heterocycles. The molecule has 10 aromatic carbocycles. The van der Waals surface area contributed by atoms with Gasteiger partial charge < -0.3 is 4.90 Å². The van der Waals surface area contributed by atoms with Crippen molar-refractivity contribution in [1.29, 1.82) is 0 Å². The molecule has 0 saturated heterocycles. The van der Waals surface area contributed by atoms with Crippen LogP contribution >= 0.6 is 0 Å². The zero-order valence-corrected chi connectivity index (χ0v) is 31.5. The molecule has 0 aromatic heterocycles. The molecule has 1 aliphatic rings. The Balaban J connectivity index is 1.11. The highest BCUT2D eigenvalue weighted by Gasteiger charge is 2.37. The first-order valence-corrected chi connectivity index (χ1v) is 19.6. The van der Waals surface area contributed by atoms with Gasteiger partial charge >= 0.3 is 0 Å². The third-order valence-corrected chi connectivity index (χ3v) is 12.2. The third-order valence-electron chi connectivity index (χ3n) is 12.2.